The smallest absolute Gasteiger partial charge is 0.333 e. The van der Waals surface area contributed by atoms with Crippen molar-refractivity contribution in [3.63, 3.8) is 0 Å². The van der Waals surface area contributed by atoms with E-state index in [1.54, 1.807) is 6.92 Å². The molecule has 0 unspecified atom stereocenters. The van der Waals surface area contributed by atoms with E-state index in [-0.39, 0.29) is 19.2 Å². The van der Waals surface area contributed by atoms with E-state index in [2.05, 4.69) is 27.4 Å². The minimum atomic E-state index is -0.407. The molecule has 0 spiro atoms. The fourth-order valence-corrected chi connectivity index (χ4v) is 9.74. The van der Waals surface area contributed by atoms with Crippen LogP contribution in [0, 0.1) is 46.3 Å². The molecule has 6 nitrogen and oxygen atoms in total. The van der Waals surface area contributed by atoms with Crippen LogP contribution in [0.5, 0.6) is 0 Å². The summed E-state index contributed by atoms with van der Waals surface area (Å²) in [6, 6.07) is 0. The summed E-state index contributed by atoms with van der Waals surface area (Å²) in [5.41, 5.74) is 1.43. The molecule has 0 aromatic carbocycles. The second kappa shape index (κ2) is 14.2. The van der Waals surface area contributed by atoms with E-state index in [1.807, 2.05) is 0 Å². The van der Waals surface area contributed by atoms with Crippen LogP contribution >= 0.6 is 0 Å². The van der Waals surface area contributed by atoms with Gasteiger partial charge in [-0.2, -0.15) is 0 Å². The minimum Gasteiger partial charge on any atom is -0.463 e. The van der Waals surface area contributed by atoms with Gasteiger partial charge in [-0.3, -0.25) is 4.79 Å². The second-order valence-corrected chi connectivity index (χ2v) is 14.0. The molecule has 0 radical (unpaired) electrons. The molecule has 8 atom stereocenters. The van der Waals surface area contributed by atoms with Crippen molar-refractivity contribution in [1.82, 2.24) is 0 Å². The summed E-state index contributed by atoms with van der Waals surface area (Å²) in [7, 11) is 0. The maximum absolute atomic E-state index is 12.4. The molecule has 0 aliphatic heterocycles. The molecule has 0 saturated heterocycles. The maximum atomic E-state index is 12.4. The SMILES string of the molecule is C=C(C)C(=O)OCCOCCOCCOC(=O)CC[C@@H](C)[C@H]1CC[C@H]2[C@@H]3CC[C@@H]4CCCC[C@]4(C)[C@H]3CC[C@]12C. The van der Waals surface area contributed by atoms with Crippen molar-refractivity contribution in [2.45, 2.75) is 105 Å². The number of esters is 2. The average molecular weight is 561 g/mol. The zero-order valence-electron chi connectivity index (χ0n) is 25.8. The molecule has 4 aliphatic rings. The summed E-state index contributed by atoms with van der Waals surface area (Å²) >= 11 is 0. The van der Waals surface area contributed by atoms with E-state index in [9.17, 15) is 9.59 Å². The lowest BCUT2D eigenvalue weighted by molar-refractivity contribution is -0.146. The van der Waals surface area contributed by atoms with Gasteiger partial charge >= 0.3 is 11.9 Å². The quantitative estimate of drug-likeness (QED) is 0.128. The monoisotopic (exact) mass is 560 g/mol. The number of carbonyl (C=O) groups is 2. The highest BCUT2D eigenvalue weighted by molar-refractivity contribution is 5.86. The Hall–Kier alpha value is -1.40. The van der Waals surface area contributed by atoms with Gasteiger partial charge in [0.15, 0.2) is 0 Å². The van der Waals surface area contributed by atoms with Gasteiger partial charge in [0, 0.05) is 12.0 Å². The van der Waals surface area contributed by atoms with Crippen LogP contribution in [0.1, 0.15) is 105 Å². The first-order chi connectivity index (χ1) is 19.2. The van der Waals surface area contributed by atoms with Crippen LogP contribution in [-0.4, -0.2) is 51.6 Å². The molecular weight excluding hydrogens is 504 g/mol. The Balaban J connectivity index is 1.10. The van der Waals surface area contributed by atoms with Crippen molar-refractivity contribution in [3.05, 3.63) is 12.2 Å². The minimum absolute atomic E-state index is 0.113. The summed E-state index contributed by atoms with van der Waals surface area (Å²) in [5.74, 6) is 4.53. The van der Waals surface area contributed by atoms with Gasteiger partial charge < -0.3 is 18.9 Å². The van der Waals surface area contributed by atoms with Crippen molar-refractivity contribution >= 4 is 11.9 Å². The first kappa shape index (κ1) is 31.5. The fourth-order valence-electron chi connectivity index (χ4n) is 9.74. The summed E-state index contributed by atoms with van der Waals surface area (Å²) < 4.78 is 21.3. The zero-order valence-corrected chi connectivity index (χ0v) is 25.8. The topological polar surface area (TPSA) is 71.1 Å². The Labute approximate surface area is 243 Å². The van der Waals surface area contributed by atoms with Gasteiger partial charge in [0.2, 0.25) is 0 Å². The van der Waals surface area contributed by atoms with E-state index in [0.717, 1.165) is 36.0 Å². The Kier molecular flexibility index (Phi) is 11.2. The van der Waals surface area contributed by atoms with Crippen molar-refractivity contribution in [2.75, 3.05) is 39.6 Å². The van der Waals surface area contributed by atoms with Crippen molar-refractivity contribution in [1.29, 1.82) is 0 Å². The summed E-state index contributed by atoms with van der Waals surface area (Å²) in [6.45, 7) is 14.8. The van der Waals surface area contributed by atoms with Gasteiger partial charge in [-0.05, 0) is 111 Å². The highest BCUT2D eigenvalue weighted by atomic mass is 16.6. The lowest BCUT2D eigenvalue weighted by Crippen LogP contribution is -2.53. The third kappa shape index (κ3) is 7.14. The number of ether oxygens (including phenoxy) is 4. The van der Waals surface area contributed by atoms with E-state index in [0.29, 0.717) is 55.2 Å². The molecule has 4 rings (SSSR count). The second-order valence-electron chi connectivity index (χ2n) is 14.0. The Morgan fingerprint density at radius 1 is 0.800 bits per heavy atom. The largest absolute Gasteiger partial charge is 0.463 e. The van der Waals surface area contributed by atoms with Gasteiger partial charge in [0.05, 0.1) is 26.4 Å². The standard InChI is InChI=1S/C34H56O6/c1-24(2)32(36)40-23-21-38-19-18-37-20-22-39-31(35)14-9-25(3)28-12-13-29-27-11-10-26-8-6-7-16-33(26,4)30(27)15-17-34(28,29)5/h25-30H,1,6-23H2,2-5H3/t25-,26+,27+,28-,29+,30+,33+,34-/m1/s1. The molecule has 4 fully saturated rings. The van der Waals surface area contributed by atoms with Gasteiger partial charge in [-0.15, -0.1) is 0 Å². The van der Waals surface area contributed by atoms with Crippen LogP contribution in [0.4, 0.5) is 0 Å². The number of rotatable bonds is 14. The fraction of sp³-hybridized carbons (Fsp3) is 0.882. The number of hydrogen-bond acceptors (Lipinski definition) is 6. The van der Waals surface area contributed by atoms with Crippen molar-refractivity contribution < 1.29 is 28.5 Å². The summed E-state index contributed by atoms with van der Waals surface area (Å²) in [6.07, 6.45) is 15.8. The highest BCUT2D eigenvalue weighted by Gasteiger charge is 2.60. The lowest BCUT2D eigenvalue weighted by Gasteiger charge is -2.61. The van der Waals surface area contributed by atoms with E-state index < -0.39 is 5.97 Å². The molecular formula is C34H56O6. The van der Waals surface area contributed by atoms with Crippen LogP contribution in [0.15, 0.2) is 12.2 Å². The summed E-state index contributed by atoms with van der Waals surface area (Å²) in [4.78, 5) is 23.7. The molecule has 4 saturated carbocycles. The molecule has 0 aromatic heterocycles. The van der Waals surface area contributed by atoms with Crippen LogP contribution in [0.25, 0.3) is 0 Å². The zero-order chi connectivity index (χ0) is 28.8. The van der Waals surface area contributed by atoms with Gasteiger partial charge in [-0.25, -0.2) is 4.79 Å². The number of hydrogen-bond donors (Lipinski definition) is 0. The molecule has 0 aromatic rings. The Morgan fingerprint density at radius 2 is 1.48 bits per heavy atom. The molecule has 0 bridgehead atoms. The first-order valence-electron chi connectivity index (χ1n) is 16.3. The summed E-state index contributed by atoms with van der Waals surface area (Å²) in [5, 5.41) is 0. The van der Waals surface area contributed by atoms with Crippen LogP contribution < -0.4 is 0 Å². The van der Waals surface area contributed by atoms with E-state index in [1.165, 1.54) is 64.2 Å². The third-order valence-corrected chi connectivity index (χ3v) is 11.8. The molecule has 0 amide bonds. The number of fused-ring (bicyclic) bond motifs is 5. The van der Waals surface area contributed by atoms with Crippen LogP contribution in [0.2, 0.25) is 0 Å². The molecule has 4 aliphatic carbocycles. The van der Waals surface area contributed by atoms with Gasteiger partial charge in [0.25, 0.3) is 0 Å². The van der Waals surface area contributed by atoms with Crippen molar-refractivity contribution in [3.8, 4) is 0 Å². The lowest BCUT2D eigenvalue weighted by atomic mass is 9.44. The van der Waals surface area contributed by atoms with Crippen LogP contribution in [0.3, 0.4) is 0 Å². The Bertz CT molecular complexity index is 870. The maximum Gasteiger partial charge on any atom is 0.333 e. The predicted molar refractivity (Wildman–Crippen MR) is 157 cm³/mol. The normalized spacial score (nSPS) is 35.6. The highest BCUT2D eigenvalue weighted by Crippen LogP contribution is 2.68. The molecule has 6 heteroatoms. The molecule has 228 valence electrons. The third-order valence-electron chi connectivity index (χ3n) is 11.8. The molecule has 0 heterocycles. The van der Waals surface area contributed by atoms with E-state index in [4.69, 9.17) is 18.9 Å². The Morgan fingerprint density at radius 3 is 2.20 bits per heavy atom. The van der Waals surface area contributed by atoms with Gasteiger partial charge in [-0.1, -0.05) is 40.2 Å². The van der Waals surface area contributed by atoms with Gasteiger partial charge in [0.1, 0.15) is 13.2 Å². The number of carbonyl (C=O) groups excluding carboxylic acids is 2. The molecule has 40 heavy (non-hydrogen) atoms. The van der Waals surface area contributed by atoms with Crippen LogP contribution in [-0.2, 0) is 28.5 Å². The molecule has 0 N–H and O–H groups in total. The first-order valence-corrected chi connectivity index (χ1v) is 16.3. The predicted octanol–water partition coefficient (Wildman–Crippen LogP) is 7.15. The van der Waals surface area contributed by atoms with Crippen molar-refractivity contribution in [2.24, 2.45) is 46.3 Å². The van der Waals surface area contributed by atoms with E-state index >= 15 is 0 Å². The average Bonchev–Trinajstić information content (AvgIpc) is 3.29.